The van der Waals surface area contributed by atoms with Gasteiger partial charge in [0, 0.05) is 18.3 Å². The van der Waals surface area contributed by atoms with Crippen LogP contribution in [-0.4, -0.2) is 17.5 Å². The Kier molecular flexibility index (Phi) is 7.25. The molecule has 0 aliphatic carbocycles. The van der Waals surface area contributed by atoms with E-state index in [1.807, 2.05) is 0 Å². The third-order valence-electron chi connectivity index (χ3n) is 3.80. The highest BCUT2D eigenvalue weighted by atomic mass is 79.9. The number of pyridine rings is 1. The van der Waals surface area contributed by atoms with Crippen LogP contribution in [0.4, 0.5) is 5.82 Å². The third kappa shape index (κ3) is 5.74. The van der Waals surface area contributed by atoms with Crippen LogP contribution in [0.2, 0.25) is 0 Å². The van der Waals surface area contributed by atoms with Gasteiger partial charge in [0.25, 0.3) is 0 Å². The smallest absolute Gasteiger partial charge is 0.250 e. The zero-order chi connectivity index (χ0) is 18.2. The molecule has 0 spiro atoms. The van der Waals surface area contributed by atoms with Gasteiger partial charge >= 0.3 is 0 Å². The van der Waals surface area contributed by atoms with Crippen molar-refractivity contribution in [1.82, 2.24) is 4.98 Å². The van der Waals surface area contributed by atoms with Crippen molar-refractivity contribution in [2.24, 2.45) is 5.73 Å². The number of aryl methyl sites for hydroxylation is 1. The van der Waals surface area contributed by atoms with Crippen LogP contribution in [0.15, 0.2) is 34.9 Å². The van der Waals surface area contributed by atoms with Gasteiger partial charge in [-0.15, -0.1) is 0 Å². The number of nitrogens with zero attached hydrogens (tertiary/aromatic N) is 1. The molecule has 1 aromatic carbocycles. The number of nitrogens with one attached hydrogen (secondary N) is 1. The first kappa shape index (κ1) is 19.2. The van der Waals surface area contributed by atoms with E-state index in [0.717, 1.165) is 24.3 Å². The summed E-state index contributed by atoms with van der Waals surface area (Å²) in [4.78, 5) is 15.4. The molecule has 25 heavy (non-hydrogen) atoms. The van der Waals surface area contributed by atoms with Crippen molar-refractivity contribution in [3.63, 3.8) is 0 Å². The number of benzene rings is 1. The van der Waals surface area contributed by atoms with E-state index >= 15 is 0 Å². The van der Waals surface area contributed by atoms with Gasteiger partial charge in [-0.3, -0.25) is 4.79 Å². The summed E-state index contributed by atoms with van der Waals surface area (Å²) in [6.07, 6.45) is 4.86. The van der Waals surface area contributed by atoms with Gasteiger partial charge in [-0.2, -0.15) is 0 Å². The van der Waals surface area contributed by atoms with Crippen LogP contribution in [-0.2, 0) is 6.54 Å². The number of primary amides is 1. The molecule has 0 saturated carbocycles. The second-order valence-corrected chi connectivity index (χ2v) is 6.79. The predicted molar refractivity (Wildman–Crippen MR) is 104 cm³/mol. The molecule has 1 aromatic heterocycles. The Morgan fingerprint density at radius 2 is 2.12 bits per heavy atom. The highest BCUT2D eigenvalue weighted by molar-refractivity contribution is 9.10. The molecule has 2 rings (SSSR count). The highest BCUT2D eigenvalue weighted by Crippen LogP contribution is 2.25. The molecule has 0 saturated heterocycles. The molecule has 0 radical (unpaired) electrons. The molecule has 0 unspecified atom stereocenters. The molecule has 1 amide bonds. The molecule has 6 heteroatoms. The van der Waals surface area contributed by atoms with Gasteiger partial charge in [0.2, 0.25) is 5.91 Å². The Morgan fingerprint density at radius 1 is 1.32 bits per heavy atom. The molecular formula is C19H24BrN3O2. The first-order valence-corrected chi connectivity index (χ1v) is 9.22. The average molecular weight is 406 g/mol. The maximum atomic E-state index is 11.2. The number of hydrogen-bond acceptors (Lipinski definition) is 4. The molecule has 5 nitrogen and oxygen atoms in total. The number of rotatable bonds is 9. The Morgan fingerprint density at radius 3 is 2.80 bits per heavy atom. The highest BCUT2D eigenvalue weighted by Gasteiger charge is 2.09. The number of nitrogens with two attached hydrogens (primary N) is 1. The Bertz CT molecular complexity index is 735. The summed E-state index contributed by atoms with van der Waals surface area (Å²) < 4.78 is 6.65. The summed E-state index contributed by atoms with van der Waals surface area (Å²) in [7, 11) is 0. The molecule has 0 fully saturated rings. The van der Waals surface area contributed by atoms with E-state index in [9.17, 15) is 4.79 Å². The van der Waals surface area contributed by atoms with Crippen LogP contribution in [0, 0.1) is 6.92 Å². The lowest BCUT2D eigenvalue weighted by Gasteiger charge is -2.14. The zero-order valence-electron chi connectivity index (χ0n) is 14.6. The fraction of sp³-hybridized carbons (Fsp3) is 0.368. The minimum Gasteiger partial charge on any atom is -0.493 e. The van der Waals surface area contributed by atoms with Gasteiger partial charge < -0.3 is 15.8 Å². The van der Waals surface area contributed by atoms with Gasteiger partial charge in [0.05, 0.1) is 16.6 Å². The van der Waals surface area contributed by atoms with Crippen LogP contribution in [0.3, 0.4) is 0 Å². The standard InChI is InChI=1S/C19H24BrN3O2/c1-3-4-5-8-25-17-9-13(2)6-7-14(17)11-22-19-16(20)10-15(12-23-19)18(21)24/h6-7,9-10,12H,3-5,8,11H2,1-2H3,(H2,21,24)(H,22,23). The second-order valence-electron chi connectivity index (χ2n) is 5.94. The van der Waals surface area contributed by atoms with Crippen molar-refractivity contribution in [3.05, 3.63) is 51.6 Å². The Balaban J connectivity index is 2.06. The first-order chi connectivity index (χ1) is 12.0. The Labute approximate surface area is 157 Å². The Hall–Kier alpha value is -2.08. The predicted octanol–water partition coefficient (Wildman–Crippen LogP) is 4.43. The number of ether oxygens (including phenoxy) is 1. The van der Waals surface area contributed by atoms with Gasteiger partial charge in [-0.1, -0.05) is 31.9 Å². The van der Waals surface area contributed by atoms with E-state index in [1.165, 1.54) is 24.6 Å². The minimum absolute atomic E-state index is 0.368. The van der Waals surface area contributed by atoms with E-state index in [0.29, 0.717) is 22.4 Å². The molecule has 0 atom stereocenters. The summed E-state index contributed by atoms with van der Waals surface area (Å²) in [5.41, 5.74) is 7.86. The van der Waals surface area contributed by atoms with Crippen molar-refractivity contribution in [3.8, 4) is 5.75 Å². The summed E-state index contributed by atoms with van der Waals surface area (Å²) in [5, 5.41) is 3.27. The van der Waals surface area contributed by atoms with Crippen molar-refractivity contribution >= 4 is 27.7 Å². The van der Waals surface area contributed by atoms with Gasteiger partial charge in [0.15, 0.2) is 0 Å². The van der Waals surface area contributed by atoms with Crippen molar-refractivity contribution in [2.45, 2.75) is 39.7 Å². The van der Waals surface area contributed by atoms with Crippen LogP contribution >= 0.6 is 15.9 Å². The fourth-order valence-electron chi connectivity index (χ4n) is 2.36. The van der Waals surface area contributed by atoms with E-state index < -0.39 is 5.91 Å². The molecule has 0 aliphatic rings. The number of amides is 1. The normalized spacial score (nSPS) is 10.5. The lowest BCUT2D eigenvalue weighted by molar-refractivity contribution is 0.1000. The van der Waals surface area contributed by atoms with Crippen LogP contribution in [0.5, 0.6) is 5.75 Å². The van der Waals surface area contributed by atoms with E-state index in [1.54, 1.807) is 6.07 Å². The van der Waals surface area contributed by atoms with E-state index in [4.69, 9.17) is 10.5 Å². The number of halogens is 1. The van der Waals surface area contributed by atoms with Crippen LogP contribution in [0.25, 0.3) is 0 Å². The third-order valence-corrected chi connectivity index (χ3v) is 4.40. The number of carbonyl (C=O) groups is 1. The first-order valence-electron chi connectivity index (χ1n) is 8.42. The van der Waals surface area contributed by atoms with Gasteiger partial charge in [0.1, 0.15) is 11.6 Å². The molecular weight excluding hydrogens is 382 g/mol. The SMILES string of the molecule is CCCCCOc1cc(C)ccc1CNc1ncc(C(N)=O)cc1Br. The average Bonchev–Trinajstić information content (AvgIpc) is 2.58. The van der Waals surface area contributed by atoms with Gasteiger partial charge in [-0.05, 0) is 47.0 Å². The summed E-state index contributed by atoms with van der Waals surface area (Å²) in [6, 6.07) is 7.84. The quantitative estimate of drug-likeness (QED) is 0.604. The summed E-state index contributed by atoms with van der Waals surface area (Å²) in [5.74, 6) is 1.05. The molecule has 2 aromatic rings. The molecule has 0 bridgehead atoms. The van der Waals surface area contributed by atoms with Crippen LogP contribution in [0.1, 0.15) is 47.7 Å². The number of anilines is 1. The molecule has 0 aliphatic heterocycles. The van der Waals surface area contributed by atoms with Crippen LogP contribution < -0.4 is 15.8 Å². The largest absolute Gasteiger partial charge is 0.493 e. The monoisotopic (exact) mass is 405 g/mol. The lowest BCUT2D eigenvalue weighted by Crippen LogP contribution is -2.12. The fourth-order valence-corrected chi connectivity index (χ4v) is 2.85. The maximum absolute atomic E-state index is 11.2. The van der Waals surface area contributed by atoms with E-state index in [2.05, 4.69) is 58.3 Å². The maximum Gasteiger partial charge on any atom is 0.250 e. The number of aromatic nitrogens is 1. The zero-order valence-corrected chi connectivity index (χ0v) is 16.2. The molecule has 3 N–H and O–H groups in total. The topological polar surface area (TPSA) is 77.2 Å². The number of unbranched alkanes of at least 4 members (excludes halogenated alkanes) is 2. The number of hydrogen-bond donors (Lipinski definition) is 2. The minimum atomic E-state index is -0.499. The second kappa shape index (κ2) is 9.42. The van der Waals surface area contributed by atoms with Gasteiger partial charge in [-0.25, -0.2) is 4.98 Å². The van der Waals surface area contributed by atoms with E-state index in [-0.39, 0.29) is 0 Å². The lowest BCUT2D eigenvalue weighted by atomic mass is 10.1. The molecule has 1 heterocycles. The summed E-state index contributed by atoms with van der Waals surface area (Å²) in [6.45, 7) is 5.53. The molecule has 134 valence electrons. The van der Waals surface area contributed by atoms with Crippen molar-refractivity contribution in [1.29, 1.82) is 0 Å². The van der Waals surface area contributed by atoms with Crippen molar-refractivity contribution in [2.75, 3.05) is 11.9 Å². The van der Waals surface area contributed by atoms with Crippen molar-refractivity contribution < 1.29 is 9.53 Å². The number of carbonyl (C=O) groups excluding carboxylic acids is 1. The summed E-state index contributed by atoms with van der Waals surface area (Å²) >= 11 is 3.41.